The largest absolute Gasteiger partial charge is 0.480 e. The molecular weight excluding hydrogens is 294 g/mol. The molecule has 6 nitrogen and oxygen atoms in total. The fourth-order valence-corrected chi connectivity index (χ4v) is 3.30. The Kier molecular flexibility index (Phi) is 6.04. The van der Waals surface area contributed by atoms with E-state index >= 15 is 0 Å². The fourth-order valence-electron chi connectivity index (χ4n) is 3.30. The number of carbonyl (C=O) groups excluding carboxylic acids is 1. The van der Waals surface area contributed by atoms with Gasteiger partial charge in [0.25, 0.3) is 5.91 Å². The molecule has 1 aromatic heterocycles. The number of hydrogen-bond donors (Lipinski definition) is 1. The number of rotatable bonds is 6. The van der Waals surface area contributed by atoms with Crippen LogP contribution in [0.1, 0.15) is 51.6 Å². The first kappa shape index (κ1) is 17.8. The van der Waals surface area contributed by atoms with E-state index in [4.69, 9.17) is 9.47 Å². The molecule has 1 fully saturated rings. The van der Waals surface area contributed by atoms with Gasteiger partial charge in [0.05, 0.1) is 18.9 Å². The van der Waals surface area contributed by atoms with Gasteiger partial charge in [0.15, 0.2) is 0 Å². The van der Waals surface area contributed by atoms with Crippen molar-refractivity contribution in [1.29, 1.82) is 0 Å². The molecule has 23 heavy (non-hydrogen) atoms. The zero-order chi connectivity index (χ0) is 17.0. The van der Waals surface area contributed by atoms with Crippen LogP contribution in [0.3, 0.4) is 0 Å². The highest BCUT2D eigenvalue weighted by Crippen LogP contribution is 2.29. The van der Waals surface area contributed by atoms with Crippen molar-refractivity contribution in [2.45, 2.75) is 65.1 Å². The van der Waals surface area contributed by atoms with Crippen LogP contribution in [0.4, 0.5) is 5.69 Å². The summed E-state index contributed by atoms with van der Waals surface area (Å²) in [6.45, 7) is 6.08. The van der Waals surface area contributed by atoms with Gasteiger partial charge in [-0.05, 0) is 32.1 Å². The molecule has 130 valence electrons. The first-order valence-corrected chi connectivity index (χ1v) is 8.50. The molecule has 6 heteroatoms. The normalized spacial score (nSPS) is 22.7. The Hall–Kier alpha value is -1.56. The molecule has 0 aliphatic heterocycles. The predicted molar refractivity (Wildman–Crippen MR) is 89.7 cm³/mol. The summed E-state index contributed by atoms with van der Waals surface area (Å²) in [6.07, 6.45) is 4.93. The van der Waals surface area contributed by atoms with E-state index < -0.39 is 6.10 Å². The number of nitrogens with zero attached hydrogens (tertiary/aromatic N) is 2. The lowest BCUT2D eigenvalue weighted by molar-refractivity contribution is -0.133. The van der Waals surface area contributed by atoms with Crippen LogP contribution in [0.25, 0.3) is 0 Å². The van der Waals surface area contributed by atoms with Gasteiger partial charge in [-0.1, -0.05) is 26.7 Å². The van der Waals surface area contributed by atoms with Gasteiger partial charge in [-0.2, -0.15) is 5.10 Å². The zero-order valence-corrected chi connectivity index (χ0v) is 14.9. The summed E-state index contributed by atoms with van der Waals surface area (Å²) < 4.78 is 13.0. The Morgan fingerprint density at radius 2 is 2.22 bits per heavy atom. The van der Waals surface area contributed by atoms with Gasteiger partial charge in [0, 0.05) is 7.05 Å². The lowest BCUT2D eigenvalue weighted by Gasteiger charge is -2.29. The second kappa shape index (κ2) is 7.81. The molecule has 1 aliphatic carbocycles. The molecule has 0 saturated heterocycles. The summed E-state index contributed by atoms with van der Waals surface area (Å²) in [5, 5.41) is 7.21. The van der Waals surface area contributed by atoms with Crippen molar-refractivity contribution < 1.29 is 14.3 Å². The maximum absolute atomic E-state index is 12.6. The minimum Gasteiger partial charge on any atom is -0.480 e. The minimum absolute atomic E-state index is 0.125. The number of nitrogens with one attached hydrogen (secondary N) is 1. The van der Waals surface area contributed by atoms with Crippen molar-refractivity contribution in [3.8, 4) is 5.88 Å². The average molecular weight is 323 g/mol. The highest BCUT2D eigenvalue weighted by atomic mass is 16.5. The van der Waals surface area contributed by atoms with Gasteiger partial charge in [-0.3, -0.25) is 4.79 Å². The topological polar surface area (TPSA) is 65.4 Å². The SMILES string of the molecule is CCC(OC1CCCC(C)C1)C(=O)Nc1c(C)nn(C)c1OC. The first-order valence-electron chi connectivity index (χ1n) is 8.50. The number of carbonyl (C=O) groups is 1. The summed E-state index contributed by atoms with van der Waals surface area (Å²) >= 11 is 0. The van der Waals surface area contributed by atoms with E-state index in [-0.39, 0.29) is 12.0 Å². The van der Waals surface area contributed by atoms with Crippen LogP contribution in [0.2, 0.25) is 0 Å². The van der Waals surface area contributed by atoms with Gasteiger partial charge in [0.2, 0.25) is 5.88 Å². The van der Waals surface area contributed by atoms with Crippen LogP contribution in [0.5, 0.6) is 5.88 Å². The highest BCUT2D eigenvalue weighted by molar-refractivity contribution is 5.95. The molecule has 1 saturated carbocycles. The van der Waals surface area contributed by atoms with Crippen molar-refractivity contribution in [1.82, 2.24) is 9.78 Å². The third kappa shape index (κ3) is 4.25. The molecule has 0 spiro atoms. The minimum atomic E-state index is -0.436. The van der Waals surface area contributed by atoms with E-state index in [2.05, 4.69) is 17.3 Å². The molecule has 3 unspecified atom stereocenters. The molecule has 1 aromatic rings. The smallest absolute Gasteiger partial charge is 0.253 e. The van der Waals surface area contributed by atoms with Crippen LogP contribution < -0.4 is 10.1 Å². The van der Waals surface area contributed by atoms with E-state index in [1.807, 2.05) is 13.8 Å². The van der Waals surface area contributed by atoms with Gasteiger partial charge in [-0.15, -0.1) is 0 Å². The van der Waals surface area contributed by atoms with Crippen LogP contribution in [-0.4, -0.2) is 35.0 Å². The molecule has 2 rings (SSSR count). The number of aromatic nitrogens is 2. The monoisotopic (exact) mass is 323 g/mol. The maximum atomic E-state index is 12.6. The van der Waals surface area contributed by atoms with E-state index in [1.54, 1.807) is 18.8 Å². The lowest BCUT2D eigenvalue weighted by Crippen LogP contribution is -2.35. The number of hydrogen-bond acceptors (Lipinski definition) is 4. The molecule has 3 atom stereocenters. The molecule has 0 radical (unpaired) electrons. The Balaban J connectivity index is 2.03. The van der Waals surface area contributed by atoms with Crippen molar-refractivity contribution in [3.63, 3.8) is 0 Å². The van der Waals surface area contributed by atoms with E-state index in [0.717, 1.165) is 18.5 Å². The maximum Gasteiger partial charge on any atom is 0.253 e. The zero-order valence-electron chi connectivity index (χ0n) is 14.9. The number of methoxy groups -OCH3 is 1. The van der Waals surface area contributed by atoms with Crippen molar-refractivity contribution in [2.24, 2.45) is 13.0 Å². The first-order chi connectivity index (χ1) is 11.0. The van der Waals surface area contributed by atoms with Gasteiger partial charge < -0.3 is 14.8 Å². The Bertz CT molecular complexity index is 541. The summed E-state index contributed by atoms with van der Waals surface area (Å²) in [5.74, 6) is 1.10. The van der Waals surface area contributed by atoms with Gasteiger partial charge in [-0.25, -0.2) is 4.68 Å². The van der Waals surface area contributed by atoms with Crippen LogP contribution in [0, 0.1) is 12.8 Å². The predicted octanol–water partition coefficient (Wildman–Crippen LogP) is 3.05. The fraction of sp³-hybridized carbons (Fsp3) is 0.765. The Morgan fingerprint density at radius 3 is 2.83 bits per heavy atom. The molecule has 0 bridgehead atoms. The Morgan fingerprint density at radius 1 is 1.48 bits per heavy atom. The van der Waals surface area contributed by atoms with Crippen molar-refractivity contribution >= 4 is 11.6 Å². The molecule has 1 heterocycles. The molecule has 1 aliphatic rings. The second-order valence-corrected chi connectivity index (χ2v) is 6.51. The van der Waals surface area contributed by atoms with Gasteiger partial charge in [0.1, 0.15) is 11.8 Å². The van der Waals surface area contributed by atoms with Crippen LogP contribution in [0.15, 0.2) is 0 Å². The van der Waals surface area contributed by atoms with Gasteiger partial charge >= 0.3 is 0 Å². The highest BCUT2D eigenvalue weighted by Gasteiger charge is 2.27. The van der Waals surface area contributed by atoms with Crippen molar-refractivity contribution in [3.05, 3.63) is 5.69 Å². The molecular formula is C17H29N3O3. The Labute approximate surface area is 138 Å². The summed E-state index contributed by atoms with van der Waals surface area (Å²) in [5.41, 5.74) is 1.36. The third-order valence-corrected chi connectivity index (χ3v) is 4.52. The van der Waals surface area contributed by atoms with E-state index in [1.165, 1.54) is 12.8 Å². The van der Waals surface area contributed by atoms with E-state index in [0.29, 0.717) is 23.9 Å². The van der Waals surface area contributed by atoms with Crippen LogP contribution >= 0.6 is 0 Å². The number of anilines is 1. The quantitative estimate of drug-likeness (QED) is 0.874. The number of ether oxygens (including phenoxy) is 2. The van der Waals surface area contributed by atoms with E-state index in [9.17, 15) is 4.79 Å². The molecule has 1 N–H and O–H groups in total. The second-order valence-electron chi connectivity index (χ2n) is 6.51. The summed E-state index contributed by atoms with van der Waals surface area (Å²) in [6, 6.07) is 0. The summed E-state index contributed by atoms with van der Waals surface area (Å²) in [4.78, 5) is 12.6. The van der Waals surface area contributed by atoms with Crippen molar-refractivity contribution in [2.75, 3.05) is 12.4 Å². The molecule has 1 amide bonds. The number of amides is 1. The number of aryl methyl sites for hydroxylation is 2. The van der Waals surface area contributed by atoms with Crippen LogP contribution in [-0.2, 0) is 16.6 Å². The average Bonchev–Trinajstić information content (AvgIpc) is 2.78. The third-order valence-electron chi connectivity index (χ3n) is 4.52. The summed E-state index contributed by atoms with van der Waals surface area (Å²) in [7, 11) is 3.36. The lowest BCUT2D eigenvalue weighted by atomic mass is 9.88. The standard InChI is InChI=1S/C17H29N3O3/c1-6-14(23-13-9-7-8-11(2)10-13)16(21)18-15-12(3)19-20(4)17(15)22-5/h11,13-14H,6-10H2,1-5H3,(H,18,21). The molecule has 0 aromatic carbocycles.